The maximum absolute atomic E-state index is 12.6. The van der Waals surface area contributed by atoms with Crippen molar-refractivity contribution < 1.29 is 19.1 Å². The Bertz CT molecular complexity index is 1150. The van der Waals surface area contributed by atoms with Crippen molar-refractivity contribution in [3.63, 3.8) is 0 Å². The van der Waals surface area contributed by atoms with Gasteiger partial charge in [0, 0.05) is 10.9 Å². The van der Waals surface area contributed by atoms with Gasteiger partial charge >= 0.3 is 5.97 Å². The molecule has 3 rings (SSSR count). The quantitative estimate of drug-likeness (QED) is 0.451. The molecule has 1 aromatic heterocycles. The molecule has 0 aliphatic heterocycles. The minimum atomic E-state index is -0.788. The van der Waals surface area contributed by atoms with E-state index in [1.54, 1.807) is 44.2 Å². The average Bonchev–Trinajstić information content (AvgIpc) is 2.71. The van der Waals surface area contributed by atoms with E-state index in [9.17, 15) is 14.4 Å². The summed E-state index contributed by atoms with van der Waals surface area (Å²) in [6.45, 7) is 3.09. The summed E-state index contributed by atoms with van der Waals surface area (Å²) in [5.41, 5.74) is -0.0286. The molecule has 0 unspecified atom stereocenters. The molecule has 0 aliphatic rings. The van der Waals surface area contributed by atoms with Crippen LogP contribution >= 0.6 is 11.6 Å². The first-order valence-electron chi connectivity index (χ1n) is 8.89. The topological polar surface area (TPSA) is 87.5 Å². The first-order chi connectivity index (χ1) is 13.8. The standard InChI is InChI=1S/C21H19ClN2O5/c1-12(2)24-20(26)15-7-5-4-6-14(15)19(23-24)21(27)29-11-17(25)13-8-9-18(28-3)16(22)10-13/h4-10,12H,11H2,1-3H3. The van der Waals surface area contributed by atoms with Crippen LogP contribution in [0.5, 0.6) is 5.75 Å². The summed E-state index contributed by atoms with van der Waals surface area (Å²) in [4.78, 5) is 37.6. The van der Waals surface area contributed by atoms with Gasteiger partial charge in [0.25, 0.3) is 5.56 Å². The molecule has 0 aliphatic carbocycles. The number of benzene rings is 2. The molecule has 3 aromatic rings. The van der Waals surface area contributed by atoms with Crippen LogP contribution in [0.2, 0.25) is 5.02 Å². The summed E-state index contributed by atoms with van der Waals surface area (Å²) in [6.07, 6.45) is 0. The van der Waals surface area contributed by atoms with Gasteiger partial charge < -0.3 is 9.47 Å². The van der Waals surface area contributed by atoms with Gasteiger partial charge in [-0.2, -0.15) is 5.10 Å². The summed E-state index contributed by atoms with van der Waals surface area (Å²) in [5, 5.41) is 5.18. The van der Waals surface area contributed by atoms with Gasteiger partial charge in [-0.25, -0.2) is 9.48 Å². The Morgan fingerprint density at radius 3 is 2.45 bits per heavy atom. The molecule has 0 amide bonds. The molecular weight excluding hydrogens is 396 g/mol. The lowest BCUT2D eigenvalue weighted by atomic mass is 10.1. The van der Waals surface area contributed by atoms with Crippen molar-refractivity contribution in [2.24, 2.45) is 0 Å². The molecule has 1 heterocycles. The summed E-state index contributed by atoms with van der Waals surface area (Å²) < 4.78 is 11.5. The molecule has 0 saturated carbocycles. The monoisotopic (exact) mass is 414 g/mol. The van der Waals surface area contributed by atoms with Gasteiger partial charge in [-0.1, -0.05) is 29.8 Å². The molecule has 29 heavy (non-hydrogen) atoms. The third kappa shape index (κ3) is 4.14. The number of ketones is 1. The van der Waals surface area contributed by atoms with Gasteiger partial charge in [0.05, 0.1) is 23.6 Å². The van der Waals surface area contributed by atoms with E-state index in [0.29, 0.717) is 16.5 Å². The molecule has 0 fully saturated rings. The lowest BCUT2D eigenvalue weighted by Gasteiger charge is -2.13. The van der Waals surface area contributed by atoms with Gasteiger partial charge in [0.15, 0.2) is 18.1 Å². The van der Waals surface area contributed by atoms with Crippen molar-refractivity contribution in [1.82, 2.24) is 9.78 Å². The predicted molar refractivity (Wildman–Crippen MR) is 109 cm³/mol. The van der Waals surface area contributed by atoms with Crippen molar-refractivity contribution in [2.75, 3.05) is 13.7 Å². The van der Waals surface area contributed by atoms with Crippen LogP contribution in [0.3, 0.4) is 0 Å². The van der Waals surface area contributed by atoms with Crippen LogP contribution in [-0.4, -0.2) is 35.2 Å². The number of nitrogens with zero attached hydrogens (tertiary/aromatic N) is 2. The first kappa shape index (κ1) is 20.5. The smallest absolute Gasteiger partial charge is 0.359 e. The molecule has 0 spiro atoms. The Balaban J connectivity index is 1.87. The summed E-state index contributed by atoms with van der Waals surface area (Å²) >= 11 is 6.03. The number of hydrogen-bond donors (Lipinski definition) is 0. The van der Waals surface area contributed by atoms with Gasteiger partial charge in [-0.15, -0.1) is 0 Å². The van der Waals surface area contributed by atoms with Gasteiger partial charge in [-0.3, -0.25) is 9.59 Å². The molecule has 0 radical (unpaired) electrons. The van der Waals surface area contributed by atoms with Crippen LogP contribution in [-0.2, 0) is 4.74 Å². The molecule has 8 heteroatoms. The van der Waals surface area contributed by atoms with Gasteiger partial charge in [0.2, 0.25) is 0 Å². The number of Topliss-reactive ketones (excluding diaryl/α,β-unsaturated/α-hetero) is 1. The van der Waals surface area contributed by atoms with Crippen molar-refractivity contribution in [2.45, 2.75) is 19.9 Å². The summed E-state index contributed by atoms with van der Waals surface area (Å²) in [5.74, 6) is -0.778. The van der Waals surface area contributed by atoms with Crippen LogP contribution in [0.1, 0.15) is 40.7 Å². The zero-order chi connectivity index (χ0) is 21.1. The van der Waals surface area contributed by atoms with Crippen LogP contribution in [0.15, 0.2) is 47.3 Å². The third-order valence-electron chi connectivity index (χ3n) is 4.32. The minimum absolute atomic E-state index is 0.0190. The van der Waals surface area contributed by atoms with Crippen molar-refractivity contribution in [3.05, 3.63) is 69.1 Å². The van der Waals surface area contributed by atoms with Crippen molar-refractivity contribution in [1.29, 1.82) is 0 Å². The second kappa shape index (κ2) is 8.45. The van der Waals surface area contributed by atoms with E-state index in [2.05, 4.69) is 5.10 Å². The molecule has 0 saturated heterocycles. The maximum Gasteiger partial charge on any atom is 0.359 e. The second-order valence-electron chi connectivity index (χ2n) is 6.59. The first-order valence-corrected chi connectivity index (χ1v) is 9.26. The number of fused-ring (bicyclic) bond motifs is 1. The number of ether oxygens (including phenoxy) is 2. The van der Waals surface area contributed by atoms with Crippen LogP contribution in [0.4, 0.5) is 0 Å². The van der Waals surface area contributed by atoms with E-state index < -0.39 is 18.4 Å². The van der Waals surface area contributed by atoms with Crippen LogP contribution < -0.4 is 10.3 Å². The van der Waals surface area contributed by atoms with E-state index >= 15 is 0 Å². The number of aromatic nitrogens is 2. The Labute approximate surface area is 171 Å². The zero-order valence-electron chi connectivity index (χ0n) is 16.1. The largest absolute Gasteiger partial charge is 0.495 e. The van der Waals surface area contributed by atoms with Crippen molar-refractivity contribution >= 4 is 34.1 Å². The fourth-order valence-corrected chi connectivity index (χ4v) is 3.09. The molecule has 0 N–H and O–H groups in total. The van der Waals surface area contributed by atoms with Gasteiger partial charge in [-0.05, 0) is 38.1 Å². The number of carbonyl (C=O) groups excluding carboxylic acids is 2. The molecule has 150 valence electrons. The van der Waals surface area contributed by atoms with E-state index in [1.165, 1.54) is 23.9 Å². The van der Waals surface area contributed by atoms with Crippen LogP contribution in [0, 0.1) is 0 Å². The van der Waals surface area contributed by atoms with E-state index in [1.807, 2.05) is 0 Å². The van der Waals surface area contributed by atoms with Crippen molar-refractivity contribution in [3.8, 4) is 5.75 Å². The molecular formula is C21H19ClN2O5. The van der Waals surface area contributed by atoms with E-state index in [0.717, 1.165) is 0 Å². The fraction of sp³-hybridized carbons (Fsp3) is 0.238. The highest BCUT2D eigenvalue weighted by molar-refractivity contribution is 6.32. The lowest BCUT2D eigenvalue weighted by molar-refractivity contribution is 0.0468. The maximum atomic E-state index is 12.6. The number of esters is 1. The number of carbonyl (C=O) groups is 2. The molecule has 7 nitrogen and oxygen atoms in total. The zero-order valence-corrected chi connectivity index (χ0v) is 16.9. The Kier molecular flexibility index (Phi) is 5.98. The highest BCUT2D eigenvalue weighted by Crippen LogP contribution is 2.25. The van der Waals surface area contributed by atoms with Gasteiger partial charge in [0.1, 0.15) is 5.75 Å². The highest BCUT2D eigenvalue weighted by Gasteiger charge is 2.20. The normalized spacial score (nSPS) is 10.9. The van der Waals surface area contributed by atoms with Crippen LogP contribution in [0.25, 0.3) is 10.8 Å². The fourth-order valence-electron chi connectivity index (χ4n) is 2.83. The molecule has 0 bridgehead atoms. The summed E-state index contributed by atoms with van der Waals surface area (Å²) in [6, 6.07) is 10.9. The Morgan fingerprint density at radius 1 is 1.14 bits per heavy atom. The predicted octanol–water partition coefficient (Wildman–Crippen LogP) is 3.68. The Hall–Kier alpha value is -3.19. The minimum Gasteiger partial charge on any atom is -0.495 e. The second-order valence-corrected chi connectivity index (χ2v) is 6.99. The lowest BCUT2D eigenvalue weighted by Crippen LogP contribution is -2.28. The SMILES string of the molecule is COc1ccc(C(=O)COC(=O)c2nn(C(C)C)c(=O)c3ccccc23)cc1Cl. The van der Waals surface area contributed by atoms with E-state index in [-0.39, 0.29) is 27.9 Å². The van der Waals surface area contributed by atoms with E-state index in [4.69, 9.17) is 21.1 Å². The highest BCUT2D eigenvalue weighted by atomic mass is 35.5. The summed E-state index contributed by atoms with van der Waals surface area (Å²) in [7, 11) is 1.47. The average molecular weight is 415 g/mol. The number of hydrogen-bond acceptors (Lipinski definition) is 6. The molecule has 0 atom stereocenters. The number of halogens is 1. The number of methoxy groups -OCH3 is 1. The Morgan fingerprint density at radius 2 is 1.83 bits per heavy atom. The third-order valence-corrected chi connectivity index (χ3v) is 4.61. The number of rotatable bonds is 6. The molecule has 2 aromatic carbocycles.